The van der Waals surface area contributed by atoms with Gasteiger partial charge in [-0.25, -0.2) is 0 Å². The van der Waals surface area contributed by atoms with Crippen molar-refractivity contribution < 1.29 is 19.8 Å². The Kier molecular flexibility index (Phi) is 4.54. The van der Waals surface area contributed by atoms with E-state index in [9.17, 15) is 19.8 Å². The van der Waals surface area contributed by atoms with Crippen LogP contribution in [0.5, 0.6) is 0 Å². The van der Waals surface area contributed by atoms with Gasteiger partial charge in [-0.2, -0.15) is 0 Å². The van der Waals surface area contributed by atoms with E-state index in [1.807, 2.05) is 0 Å². The first-order valence-corrected chi connectivity index (χ1v) is 8.54. The standard InChI is InChI=1S/C20H19ClO4/c1-2-19(17(23)15-8-3-4-9-16(15)18(19)24)11-20(25,12-22)13-6-5-7-14(21)10-13/h3-10,22,25H,2,11-12H2,1H3/t20-/m1/s1. The van der Waals surface area contributed by atoms with Crippen molar-refractivity contribution in [3.63, 3.8) is 0 Å². The molecule has 0 radical (unpaired) electrons. The molecule has 4 nitrogen and oxygen atoms in total. The van der Waals surface area contributed by atoms with Crippen LogP contribution in [-0.4, -0.2) is 28.4 Å². The lowest BCUT2D eigenvalue weighted by molar-refractivity contribution is -0.0473. The number of benzene rings is 2. The summed E-state index contributed by atoms with van der Waals surface area (Å²) < 4.78 is 0. The SMILES string of the molecule is CCC1(C[C@@](O)(CO)c2cccc(Cl)c2)C(=O)c2ccccc2C1=O. The quantitative estimate of drug-likeness (QED) is 0.803. The van der Waals surface area contributed by atoms with E-state index < -0.39 is 17.6 Å². The monoisotopic (exact) mass is 358 g/mol. The third kappa shape index (κ3) is 2.71. The lowest BCUT2D eigenvalue weighted by Crippen LogP contribution is -2.43. The molecule has 0 aliphatic heterocycles. The van der Waals surface area contributed by atoms with Crippen LogP contribution in [0.15, 0.2) is 48.5 Å². The summed E-state index contributed by atoms with van der Waals surface area (Å²) in [5.41, 5.74) is -1.99. The highest BCUT2D eigenvalue weighted by Crippen LogP contribution is 2.47. The number of ketones is 2. The van der Waals surface area contributed by atoms with E-state index in [0.717, 1.165) is 0 Å². The second kappa shape index (κ2) is 6.37. The summed E-state index contributed by atoms with van der Waals surface area (Å²) in [5.74, 6) is -0.603. The molecule has 0 spiro atoms. The lowest BCUT2D eigenvalue weighted by atomic mass is 9.70. The number of fused-ring (bicyclic) bond motifs is 1. The van der Waals surface area contributed by atoms with E-state index in [1.165, 1.54) is 6.07 Å². The molecule has 0 fully saturated rings. The molecule has 0 bridgehead atoms. The van der Waals surface area contributed by atoms with Gasteiger partial charge in [0.25, 0.3) is 0 Å². The molecule has 0 amide bonds. The average molecular weight is 359 g/mol. The highest BCUT2D eigenvalue weighted by Gasteiger charge is 2.55. The van der Waals surface area contributed by atoms with Gasteiger partial charge in [0.05, 0.1) is 12.0 Å². The molecule has 3 rings (SSSR count). The summed E-state index contributed by atoms with van der Waals surface area (Å²) in [7, 11) is 0. The maximum absolute atomic E-state index is 13.0. The Bertz CT molecular complexity index is 810. The van der Waals surface area contributed by atoms with Gasteiger partial charge in [-0.1, -0.05) is 54.9 Å². The Labute approximate surface area is 151 Å². The van der Waals surface area contributed by atoms with Crippen LogP contribution in [-0.2, 0) is 5.60 Å². The normalized spacial score (nSPS) is 18.1. The van der Waals surface area contributed by atoms with Crippen molar-refractivity contribution in [2.75, 3.05) is 6.61 Å². The van der Waals surface area contributed by atoms with Crippen LogP contribution in [0.2, 0.25) is 5.02 Å². The Balaban J connectivity index is 2.07. The summed E-state index contributed by atoms with van der Waals surface area (Å²) in [6, 6.07) is 13.2. The summed E-state index contributed by atoms with van der Waals surface area (Å²) in [4.78, 5) is 26.0. The van der Waals surface area contributed by atoms with Crippen LogP contribution in [0.25, 0.3) is 0 Å². The van der Waals surface area contributed by atoms with Gasteiger partial charge in [-0.3, -0.25) is 9.59 Å². The Morgan fingerprint density at radius 1 is 1.04 bits per heavy atom. The molecule has 0 saturated carbocycles. The van der Waals surface area contributed by atoms with Crippen LogP contribution in [0.4, 0.5) is 0 Å². The number of hydrogen-bond acceptors (Lipinski definition) is 4. The van der Waals surface area contributed by atoms with Gasteiger partial charge in [0.2, 0.25) is 0 Å². The largest absolute Gasteiger partial charge is 0.393 e. The van der Waals surface area contributed by atoms with Crippen LogP contribution < -0.4 is 0 Å². The molecule has 25 heavy (non-hydrogen) atoms. The Hall–Kier alpha value is -2.01. The number of aliphatic hydroxyl groups is 2. The van der Waals surface area contributed by atoms with Gasteiger partial charge in [0.1, 0.15) is 5.60 Å². The summed E-state index contributed by atoms with van der Waals surface area (Å²) in [6.07, 6.45) is 0.0436. The highest BCUT2D eigenvalue weighted by atomic mass is 35.5. The lowest BCUT2D eigenvalue weighted by Gasteiger charge is -2.35. The molecule has 0 aromatic heterocycles. The minimum atomic E-state index is -1.74. The number of Topliss-reactive ketones (excluding diaryl/α,β-unsaturated/α-hetero) is 2. The molecule has 5 heteroatoms. The number of aliphatic hydroxyl groups excluding tert-OH is 1. The van der Waals surface area contributed by atoms with Gasteiger partial charge in [-0.15, -0.1) is 0 Å². The van der Waals surface area contributed by atoms with E-state index in [2.05, 4.69) is 0 Å². The Morgan fingerprint density at radius 2 is 1.64 bits per heavy atom. The van der Waals surface area contributed by atoms with Gasteiger partial charge in [0, 0.05) is 22.6 Å². The molecule has 1 aliphatic carbocycles. The molecule has 1 atom stereocenters. The minimum Gasteiger partial charge on any atom is -0.393 e. The van der Waals surface area contributed by atoms with Gasteiger partial charge < -0.3 is 10.2 Å². The zero-order valence-corrected chi connectivity index (χ0v) is 14.6. The van der Waals surface area contributed by atoms with Crippen LogP contribution in [0, 0.1) is 5.41 Å². The van der Waals surface area contributed by atoms with E-state index in [0.29, 0.717) is 21.7 Å². The Morgan fingerprint density at radius 3 is 2.12 bits per heavy atom. The van der Waals surface area contributed by atoms with Crippen molar-refractivity contribution in [1.82, 2.24) is 0 Å². The molecular weight excluding hydrogens is 340 g/mol. The van der Waals surface area contributed by atoms with Crippen LogP contribution >= 0.6 is 11.6 Å². The molecule has 2 N–H and O–H groups in total. The maximum Gasteiger partial charge on any atom is 0.177 e. The van der Waals surface area contributed by atoms with E-state index >= 15 is 0 Å². The minimum absolute atomic E-state index is 0.195. The summed E-state index contributed by atoms with van der Waals surface area (Å²) in [6.45, 7) is 1.13. The van der Waals surface area contributed by atoms with Crippen LogP contribution in [0.1, 0.15) is 46.0 Å². The number of rotatable bonds is 5. The van der Waals surface area contributed by atoms with Crippen molar-refractivity contribution >= 4 is 23.2 Å². The van der Waals surface area contributed by atoms with Crippen molar-refractivity contribution in [1.29, 1.82) is 0 Å². The molecular formula is C20H19ClO4. The first-order valence-electron chi connectivity index (χ1n) is 8.16. The fraction of sp³-hybridized carbons (Fsp3) is 0.300. The van der Waals surface area contributed by atoms with Gasteiger partial charge >= 0.3 is 0 Å². The van der Waals surface area contributed by atoms with Crippen LogP contribution in [0.3, 0.4) is 0 Å². The van der Waals surface area contributed by atoms with Crippen molar-refractivity contribution in [2.24, 2.45) is 5.41 Å². The molecule has 2 aromatic rings. The number of hydrogen-bond donors (Lipinski definition) is 2. The van der Waals surface area contributed by atoms with E-state index in [-0.39, 0.29) is 24.4 Å². The third-order valence-corrected chi connectivity index (χ3v) is 5.34. The number of halogens is 1. The van der Waals surface area contributed by atoms with E-state index in [4.69, 9.17) is 11.6 Å². The summed E-state index contributed by atoms with van der Waals surface area (Å²) >= 11 is 6.00. The zero-order chi connectivity index (χ0) is 18.2. The molecule has 0 saturated heterocycles. The second-order valence-corrected chi connectivity index (χ2v) is 6.95. The van der Waals surface area contributed by atoms with Crippen molar-refractivity contribution in [3.8, 4) is 0 Å². The number of carbonyl (C=O) groups excluding carboxylic acids is 2. The van der Waals surface area contributed by atoms with E-state index in [1.54, 1.807) is 49.4 Å². The smallest absolute Gasteiger partial charge is 0.177 e. The maximum atomic E-state index is 13.0. The third-order valence-electron chi connectivity index (χ3n) is 5.11. The molecule has 2 aromatic carbocycles. The highest BCUT2D eigenvalue weighted by molar-refractivity contribution is 6.30. The predicted molar refractivity (Wildman–Crippen MR) is 94.9 cm³/mol. The molecule has 0 heterocycles. The van der Waals surface area contributed by atoms with Crippen molar-refractivity contribution in [3.05, 3.63) is 70.2 Å². The average Bonchev–Trinajstić information content (AvgIpc) is 2.84. The molecule has 0 unspecified atom stereocenters. The topological polar surface area (TPSA) is 74.6 Å². The fourth-order valence-corrected chi connectivity index (χ4v) is 3.82. The molecule has 130 valence electrons. The van der Waals surface area contributed by atoms with Gasteiger partial charge in [-0.05, 0) is 24.1 Å². The fourth-order valence-electron chi connectivity index (χ4n) is 3.63. The second-order valence-electron chi connectivity index (χ2n) is 6.52. The summed E-state index contributed by atoms with van der Waals surface area (Å²) in [5, 5.41) is 21.4. The zero-order valence-electron chi connectivity index (χ0n) is 13.8. The molecule has 1 aliphatic rings. The predicted octanol–water partition coefficient (Wildman–Crippen LogP) is 3.39. The van der Waals surface area contributed by atoms with Gasteiger partial charge in [0.15, 0.2) is 11.6 Å². The first kappa shape index (κ1) is 17.8. The first-order chi connectivity index (χ1) is 11.9. The van der Waals surface area contributed by atoms with Crippen molar-refractivity contribution in [2.45, 2.75) is 25.4 Å². The number of carbonyl (C=O) groups is 2.